The van der Waals surface area contributed by atoms with Crippen LogP contribution in [0.3, 0.4) is 0 Å². The molecule has 1 aromatic rings. The maximum absolute atomic E-state index is 12.3. The highest BCUT2D eigenvalue weighted by Crippen LogP contribution is 2.39. The van der Waals surface area contributed by atoms with Crippen molar-refractivity contribution in [3.05, 3.63) is 29.8 Å². The number of methoxy groups -OCH3 is 1. The first kappa shape index (κ1) is 13.9. The lowest BCUT2D eigenvalue weighted by Crippen LogP contribution is -2.66. The second-order valence-corrected chi connectivity index (χ2v) is 5.47. The lowest BCUT2D eigenvalue weighted by molar-refractivity contribution is -0.130. The summed E-state index contributed by atoms with van der Waals surface area (Å²) in [4.78, 5) is 25.6. The summed E-state index contributed by atoms with van der Waals surface area (Å²) in [6, 6.07) is 7.41. The molecule has 6 heteroatoms. The highest BCUT2D eigenvalue weighted by atomic mass is 16.5. The number of piperidine rings is 1. The molecule has 0 aromatic heterocycles. The van der Waals surface area contributed by atoms with E-state index in [0.29, 0.717) is 0 Å². The van der Waals surface area contributed by atoms with Gasteiger partial charge in [-0.3, -0.25) is 15.4 Å². The Labute approximate surface area is 123 Å². The summed E-state index contributed by atoms with van der Waals surface area (Å²) in [7, 11) is 3.34. The monoisotopic (exact) mass is 289 g/mol. The van der Waals surface area contributed by atoms with E-state index in [2.05, 4.69) is 10.6 Å². The Morgan fingerprint density at radius 2 is 2.05 bits per heavy atom. The van der Waals surface area contributed by atoms with Crippen molar-refractivity contribution in [2.75, 3.05) is 20.7 Å². The molecular formula is C15H19N3O3. The van der Waals surface area contributed by atoms with Crippen LogP contribution in [0.1, 0.15) is 17.9 Å². The van der Waals surface area contributed by atoms with Crippen LogP contribution in [0.4, 0.5) is 4.79 Å². The largest absolute Gasteiger partial charge is 0.496 e. The number of ether oxygens (including phenoxy) is 1. The second-order valence-electron chi connectivity index (χ2n) is 5.47. The first-order valence-corrected chi connectivity index (χ1v) is 7.07. The molecule has 0 radical (unpaired) electrons. The Hall–Kier alpha value is -2.08. The fraction of sp³-hybridized carbons (Fsp3) is 0.467. The average molecular weight is 289 g/mol. The van der Waals surface area contributed by atoms with Gasteiger partial charge in [-0.15, -0.1) is 0 Å². The summed E-state index contributed by atoms with van der Waals surface area (Å²) in [6.45, 7) is 0.759. The van der Waals surface area contributed by atoms with Gasteiger partial charge in [0.2, 0.25) is 5.91 Å². The highest BCUT2D eigenvalue weighted by Gasteiger charge is 2.46. The first-order chi connectivity index (χ1) is 10.1. The van der Waals surface area contributed by atoms with Crippen LogP contribution in [0.15, 0.2) is 24.3 Å². The van der Waals surface area contributed by atoms with Gasteiger partial charge in [0.05, 0.1) is 19.2 Å². The molecule has 2 aliphatic rings. The standard InChI is InChI=1S/C15H19N3O3/c1-18-13-12(14(19)17-15(18)20)10(7-8-16-13)9-5-3-4-6-11(9)21-2/h3-6,10,12-13,16H,7-8H2,1-2H3,(H,17,19,20). The van der Waals surface area contributed by atoms with Gasteiger partial charge in [0.1, 0.15) is 5.75 Å². The number of nitrogens with zero attached hydrogens (tertiary/aromatic N) is 1. The minimum Gasteiger partial charge on any atom is -0.496 e. The number of urea groups is 1. The van der Waals surface area contributed by atoms with Crippen molar-refractivity contribution in [2.45, 2.75) is 18.5 Å². The molecule has 0 saturated carbocycles. The third kappa shape index (κ3) is 2.25. The predicted octanol–water partition coefficient (Wildman–Crippen LogP) is 0.896. The van der Waals surface area contributed by atoms with E-state index in [1.54, 1.807) is 19.1 Å². The zero-order valence-corrected chi connectivity index (χ0v) is 12.1. The van der Waals surface area contributed by atoms with Crippen LogP contribution in [0.2, 0.25) is 0 Å². The van der Waals surface area contributed by atoms with Crippen LogP contribution in [0.25, 0.3) is 0 Å². The third-order valence-electron chi connectivity index (χ3n) is 4.39. The van der Waals surface area contributed by atoms with E-state index in [9.17, 15) is 9.59 Å². The Balaban J connectivity index is 1.99. The topological polar surface area (TPSA) is 70.7 Å². The van der Waals surface area contributed by atoms with Crippen molar-refractivity contribution < 1.29 is 14.3 Å². The number of fused-ring (bicyclic) bond motifs is 1. The van der Waals surface area contributed by atoms with E-state index in [1.807, 2.05) is 24.3 Å². The van der Waals surface area contributed by atoms with E-state index in [0.717, 1.165) is 24.3 Å². The van der Waals surface area contributed by atoms with Crippen LogP contribution in [-0.4, -0.2) is 43.7 Å². The van der Waals surface area contributed by atoms with E-state index < -0.39 is 0 Å². The van der Waals surface area contributed by atoms with Gasteiger partial charge >= 0.3 is 6.03 Å². The minimum atomic E-state index is -0.352. The Morgan fingerprint density at radius 1 is 1.29 bits per heavy atom. The summed E-state index contributed by atoms with van der Waals surface area (Å²) < 4.78 is 5.43. The normalized spacial score (nSPS) is 28.9. The van der Waals surface area contributed by atoms with Crippen molar-refractivity contribution in [1.29, 1.82) is 0 Å². The highest BCUT2D eigenvalue weighted by molar-refractivity contribution is 5.99. The number of rotatable bonds is 2. The summed E-state index contributed by atoms with van der Waals surface area (Å²) in [5.74, 6) is 0.294. The molecule has 6 nitrogen and oxygen atoms in total. The number of hydrogen-bond acceptors (Lipinski definition) is 4. The van der Waals surface area contributed by atoms with Gasteiger partial charge in [-0.25, -0.2) is 4.79 Å². The Bertz CT molecular complexity index is 575. The van der Waals surface area contributed by atoms with Crippen LogP contribution >= 0.6 is 0 Å². The fourth-order valence-corrected chi connectivity index (χ4v) is 3.34. The van der Waals surface area contributed by atoms with Crippen LogP contribution < -0.4 is 15.4 Å². The molecule has 112 valence electrons. The number of amides is 3. The molecule has 1 aromatic carbocycles. The maximum Gasteiger partial charge on any atom is 0.325 e. The number of carbonyl (C=O) groups excluding carboxylic acids is 2. The molecule has 3 atom stereocenters. The summed E-state index contributed by atoms with van der Waals surface area (Å²) in [6.07, 6.45) is 0.562. The molecule has 3 amide bonds. The maximum atomic E-state index is 12.3. The third-order valence-corrected chi connectivity index (χ3v) is 4.39. The summed E-state index contributed by atoms with van der Waals surface area (Å²) in [5.41, 5.74) is 1.02. The van der Waals surface area contributed by atoms with E-state index in [4.69, 9.17) is 4.74 Å². The van der Waals surface area contributed by atoms with Crippen LogP contribution in [0.5, 0.6) is 5.75 Å². The average Bonchev–Trinajstić information content (AvgIpc) is 2.52. The quantitative estimate of drug-likeness (QED) is 0.848. The lowest BCUT2D eigenvalue weighted by atomic mass is 9.77. The van der Waals surface area contributed by atoms with Crippen molar-refractivity contribution in [2.24, 2.45) is 5.92 Å². The van der Waals surface area contributed by atoms with Gasteiger partial charge in [0.15, 0.2) is 0 Å². The van der Waals surface area contributed by atoms with Crippen LogP contribution in [-0.2, 0) is 4.79 Å². The molecule has 0 spiro atoms. The lowest BCUT2D eigenvalue weighted by Gasteiger charge is -2.45. The van der Waals surface area contributed by atoms with Crippen molar-refractivity contribution in [3.63, 3.8) is 0 Å². The van der Waals surface area contributed by atoms with Gasteiger partial charge in [-0.1, -0.05) is 18.2 Å². The van der Waals surface area contributed by atoms with E-state index >= 15 is 0 Å². The molecular weight excluding hydrogens is 270 g/mol. The number of carbonyl (C=O) groups is 2. The summed E-state index contributed by atoms with van der Waals surface area (Å²) >= 11 is 0. The number of hydrogen-bond donors (Lipinski definition) is 2. The fourth-order valence-electron chi connectivity index (χ4n) is 3.34. The smallest absolute Gasteiger partial charge is 0.325 e. The summed E-state index contributed by atoms with van der Waals surface area (Å²) in [5, 5.41) is 5.70. The van der Waals surface area contributed by atoms with Crippen molar-refractivity contribution in [1.82, 2.24) is 15.5 Å². The predicted molar refractivity (Wildman–Crippen MR) is 76.9 cm³/mol. The number of para-hydroxylation sites is 1. The molecule has 2 N–H and O–H groups in total. The molecule has 0 aliphatic carbocycles. The molecule has 2 fully saturated rings. The van der Waals surface area contributed by atoms with Gasteiger partial charge in [0.25, 0.3) is 0 Å². The Kier molecular flexibility index (Phi) is 3.55. The molecule has 3 unspecified atom stereocenters. The zero-order valence-electron chi connectivity index (χ0n) is 12.1. The minimum absolute atomic E-state index is 0.0305. The Morgan fingerprint density at radius 3 is 2.81 bits per heavy atom. The van der Waals surface area contributed by atoms with Crippen LogP contribution in [0, 0.1) is 5.92 Å². The number of imide groups is 1. The second kappa shape index (κ2) is 5.37. The van der Waals surface area contributed by atoms with Crippen molar-refractivity contribution >= 4 is 11.9 Å². The molecule has 2 heterocycles. The van der Waals surface area contributed by atoms with Crippen molar-refractivity contribution in [3.8, 4) is 5.75 Å². The first-order valence-electron chi connectivity index (χ1n) is 7.07. The van der Waals surface area contributed by atoms with Gasteiger partial charge in [-0.05, 0) is 24.6 Å². The van der Waals surface area contributed by atoms with Gasteiger partial charge in [0, 0.05) is 13.0 Å². The number of nitrogens with one attached hydrogen (secondary N) is 2. The SMILES string of the molecule is COc1ccccc1C1CCNC2C1C(=O)NC(=O)N2C. The molecule has 2 saturated heterocycles. The molecule has 2 aliphatic heterocycles. The van der Waals surface area contributed by atoms with E-state index in [-0.39, 0.29) is 29.9 Å². The molecule has 3 rings (SSSR count). The van der Waals surface area contributed by atoms with E-state index in [1.165, 1.54) is 0 Å². The number of benzene rings is 1. The van der Waals surface area contributed by atoms with Gasteiger partial charge < -0.3 is 9.64 Å². The molecule has 0 bridgehead atoms. The van der Waals surface area contributed by atoms with Gasteiger partial charge in [-0.2, -0.15) is 0 Å². The molecule has 21 heavy (non-hydrogen) atoms. The zero-order chi connectivity index (χ0) is 15.0.